The fraction of sp³-hybridized carbons (Fsp3) is 0.300. The average molecular weight is 408 g/mol. The minimum Gasteiger partial charge on any atom is -0.481 e. The first-order chi connectivity index (χ1) is 13.0. The van der Waals surface area contributed by atoms with Gasteiger partial charge in [-0.25, -0.2) is 0 Å². The molecule has 3 N–H and O–H groups in total. The highest BCUT2D eigenvalue weighted by molar-refractivity contribution is 7.10. The molecule has 144 valence electrons. The van der Waals surface area contributed by atoms with Crippen molar-refractivity contribution in [3.05, 3.63) is 56.2 Å². The summed E-state index contributed by atoms with van der Waals surface area (Å²) in [5.74, 6) is -2.15. The number of fused-ring (bicyclic) bond motifs is 1. The molecule has 2 aromatic rings. The molecular weight excluding hydrogens is 386 g/mol. The molecule has 2 heterocycles. The number of rotatable bonds is 5. The molecule has 0 fully saturated rings. The second kappa shape index (κ2) is 10.9. The van der Waals surface area contributed by atoms with Gasteiger partial charge in [-0.05, 0) is 66.2 Å². The zero-order valence-corrected chi connectivity index (χ0v) is 16.4. The lowest BCUT2D eigenvalue weighted by Gasteiger charge is -2.11. The first-order valence-electron chi connectivity index (χ1n) is 8.63. The van der Waals surface area contributed by atoms with Gasteiger partial charge in [0.1, 0.15) is 0 Å². The van der Waals surface area contributed by atoms with Crippen LogP contribution in [0.3, 0.4) is 0 Å². The summed E-state index contributed by atoms with van der Waals surface area (Å²) >= 11 is 8.13. The molecule has 3 rings (SSSR count). The second-order valence-corrected chi connectivity index (χ2v) is 7.37. The van der Waals surface area contributed by atoms with Crippen LogP contribution in [0.1, 0.15) is 34.4 Å². The number of benzene rings is 1. The number of nitrogens with one attached hydrogen (secondary N) is 1. The summed E-state index contributed by atoms with van der Waals surface area (Å²) in [4.78, 5) is 20.5. The molecule has 5 nitrogen and oxygen atoms in total. The first kappa shape index (κ1) is 21.2. The van der Waals surface area contributed by atoms with E-state index in [2.05, 4.69) is 41.0 Å². The summed E-state index contributed by atoms with van der Waals surface area (Å²) < 4.78 is 0. The number of carboxylic acids is 2. The molecule has 0 amide bonds. The molecule has 27 heavy (non-hydrogen) atoms. The van der Waals surface area contributed by atoms with Crippen LogP contribution in [0.4, 0.5) is 0 Å². The Hall–Kier alpha value is -2.15. The van der Waals surface area contributed by atoms with Gasteiger partial charge in [-0.15, -0.1) is 11.3 Å². The number of hydrogen-bond donors (Lipinski definition) is 3. The van der Waals surface area contributed by atoms with E-state index in [0.29, 0.717) is 0 Å². The van der Waals surface area contributed by atoms with E-state index in [-0.39, 0.29) is 12.8 Å². The molecule has 0 saturated carbocycles. The molecule has 0 unspecified atom stereocenters. The predicted octanol–water partition coefficient (Wildman–Crippen LogP) is 4.20. The molecule has 7 heteroatoms. The van der Waals surface area contributed by atoms with Gasteiger partial charge >= 0.3 is 11.9 Å². The number of hydrogen-bond acceptors (Lipinski definition) is 4. The number of carbonyl (C=O) groups is 2. The fourth-order valence-electron chi connectivity index (χ4n) is 2.72. The Bertz CT molecular complexity index is 789. The van der Waals surface area contributed by atoms with Gasteiger partial charge in [-0.2, -0.15) is 0 Å². The lowest BCUT2D eigenvalue weighted by atomic mass is 9.96. The largest absolute Gasteiger partial charge is 0.481 e. The minimum absolute atomic E-state index is 0.296. The molecule has 0 aliphatic carbocycles. The van der Waals surface area contributed by atoms with Gasteiger partial charge in [-0.3, -0.25) is 9.59 Å². The Kier molecular flexibility index (Phi) is 8.51. The molecule has 0 bridgehead atoms. The Morgan fingerprint density at radius 2 is 1.78 bits per heavy atom. The van der Waals surface area contributed by atoms with Crippen LogP contribution in [-0.4, -0.2) is 35.2 Å². The van der Waals surface area contributed by atoms with Crippen molar-refractivity contribution in [1.82, 2.24) is 5.32 Å². The van der Waals surface area contributed by atoms with E-state index in [1.54, 1.807) is 11.3 Å². The Balaban J connectivity index is 0.000000279. The van der Waals surface area contributed by atoms with Crippen LogP contribution in [0, 0.1) is 0 Å². The monoisotopic (exact) mass is 407 g/mol. The van der Waals surface area contributed by atoms with E-state index in [1.807, 2.05) is 6.07 Å². The summed E-state index contributed by atoms with van der Waals surface area (Å²) in [6.07, 6.45) is 5.87. The molecule has 0 saturated heterocycles. The van der Waals surface area contributed by atoms with Crippen molar-refractivity contribution in [3.63, 3.8) is 0 Å². The molecule has 0 spiro atoms. The smallest absolute Gasteiger partial charge is 0.303 e. The second-order valence-electron chi connectivity index (χ2n) is 5.98. The maximum atomic E-state index is 9.64. The van der Waals surface area contributed by atoms with Crippen LogP contribution < -0.4 is 5.32 Å². The van der Waals surface area contributed by atoms with Crippen LogP contribution in [0.25, 0.3) is 12.2 Å². The zero-order chi connectivity index (χ0) is 19.6. The summed E-state index contributed by atoms with van der Waals surface area (Å²) in [6, 6.07) is 8.40. The maximum absolute atomic E-state index is 9.64. The van der Waals surface area contributed by atoms with Crippen LogP contribution in [-0.2, 0) is 22.4 Å². The normalized spacial score (nSPS) is 13.4. The van der Waals surface area contributed by atoms with E-state index in [1.165, 1.54) is 21.6 Å². The minimum atomic E-state index is -1.08. The van der Waals surface area contributed by atoms with Gasteiger partial charge in [-0.1, -0.05) is 29.8 Å². The fourth-order valence-corrected chi connectivity index (χ4v) is 3.58. The summed E-state index contributed by atoms with van der Waals surface area (Å²) in [6.45, 7) is 2.09. The number of halogens is 1. The van der Waals surface area contributed by atoms with Crippen molar-refractivity contribution in [2.24, 2.45) is 0 Å². The van der Waals surface area contributed by atoms with Gasteiger partial charge < -0.3 is 15.5 Å². The topological polar surface area (TPSA) is 86.6 Å². The van der Waals surface area contributed by atoms with Crippen LogP contribution in [0.5, 0.6) is 0 Å². The van der Waals surface area contributed by atoms with Gasteiger partial charge in [0, 0.05) is 9.90 Å². The highest BCUT2D eigenvalue weighted by Gasteiger charge is 2.12. The van der Waals surface area contributed by atoms with E-state index >= 15 is 0 Å². The standard InChI is InChI=1S/C16H16ClNS.C4H6O4/c17-16-6-3-12-7-9-18-10-8-14(12)15(16)5-4-13-2-1-11-19-13;5-3(6)1-2-4(7)8/h1-6,11,18H,7-10H2;1-2H2,(H,5,6)(H,7,8). The van der Waals surface area contributed by atoms with Gasteiger partial charge in [0.05, 0.1) is 12.8 Å². The zero-order valence-electron chi connectivity index (χ0n) is 14.8. The van der Waals surface area contributed by atoms with E-state index < -0.39 is 11.9 Å². The SMILES string of the molecule is Clc1ccc2c(c1C=Cc1cccs1)CCNCC2.O=C(O)CCC(=O)O. The van der Waals surface area contributed by atoms with Crippen molar-refractivity contribution in [2.45, 2.75) is 25.7 Å². The first-order valence-corrected chi connectivity index (χ1v) is 9.89. The van der Waals surface area contributed by atoms with E-state index in [4.69, 9.17) is 21.8 Å². The maximum Gasteiger partial charge on any atom is 0.303 e. The van der Waals surface area contributed by atoms with Gasteiger partial charge in [0.2, 0.25) is 0 Å². The van der Waals surface area contributed by atoms with Gasteiger partial charge in [0.15, 0.2) is 0 Å². The number of carboxylic acid groups (broad SMARTS) is 2. The molecule has 1 aliphatic heterocycles. The van der Waals surface area contributed by atoms with E-state index in [9.17, 15) is 9.59 Å². The van der Waals surface area contributed by atoms with Crippen LogP contribution in [0.2, 0.25) is 5.02 Å². The molecular formula is C20H22ClNO4S. The summed E-state index contributed by atoms with van der Waals surface area (Å²) in [7, 11) is 0. The van der Waals surface area contributed by atoms with Crippen molar-refractivity contribution < 1.29 is 19.8 Å². The molecule has 1 aliphatic rings. The van der Waals surface area contributed by atoms with Gasteiger partial charge in [0.25, 0.3) is 0 Å². The highest BCUT2D eigenvalue weighted by Crippen LogP contribution is 2.28. The Labute approximate surface area is 167 Å². The quantitative estimate of drug-likeness (QED) is 0.691. The van der Waals surface area contributed by atoms with Crippen molar-refractivity contribution >= 4 is 47.0 Å². The van der Waals surface area contributed by atoms with Crippen LogP contribution in [0.15, 0.2) is 29.6 Å². The summed E-state index contributed by atoms with van der Waals surface area (Å²) in [5.41, 5.74) is 4.03. The highest BCUT2D eigenvalue weighted by atomic mass is 35.5. The third-order valence-electron chi connectivity index (χ3n) is 4.03. The molecule has 1 aromatic heterocycles. The Morgan fingerprint density at radius 3 is 2.41 bits per heavy atom. The van der Waals surface area contributed by atoms with E-state index in [0.717, 1.165) is 31.0 Å². The van der Waals surface area contributed by atoms with Crippen molar-refractivity contribution in [3.8, 4) is 0 Å². The van der Waals surface area contributed by atoms with Crippen molar-refractivity contribution in [2.75, 3.05) is 13.1 Å². The lowest BCUT2D eigenvalue weighted by Crippen LogP contribution is -2.16. The third-order valence-corrected chi connectivity index (χ3v) is 5.20. The summed E-state index contributed by atoms with van der Waals surface area (Å²) in [5, 5.41) is 22.2. The average Bonchev–Trinajstić information content (AvgIpc) is 3.03. The number of aliphatic carboxylic acids is 2. The lowest BCUT2D eigenvalue weighted by molar-refractivity contribution is -0.143. The third kappa shape index (κ3) is 7.17. The van der Waals surface area contributed by atoms with Crippen LogP contribution >= 0.6 is 22.9 Å². The number of thiophene rings is 1. The predicted molar refractivity (Wildman–Crippen MR) is 109 cm³/mol. The molecule has 0 atom stereocenters. The Morgan fingerprint density at radius 1 is 1.07 bits per heavy atom. The van der Waals surface area contributed by atoms with Crippen molar-refractivity contribution in [1.29, 1.82) is 0 Å². The molecule has 0 radical (unpaired) electrons. The molecule has 1 aromatic carbocycles.